The number of nitrogens with one attached hydrogen (secondary N) is 1. The summed E-state index contributed by atoms with van der Waals surface area (Å²) in [5, 5.41) is 2.92. The summed E-state index contributed by atoms with van der Waals surface area (Å²) in [5.41, 5.74) is 0. The van der Waals surface area contributed by atoms with E-state index in [2.05, 4.69) is 5.32 Å². The zero-order chi connectivity index (χ0) is 11.0. The molecule has 14 heavy (non-hydrogen) atoms. The van der Waals surface area contributed by atoms with E-state index in [0.29, 0.717) is 19.5 Å². The molecule has 1 amide bonds. The van der Waals surface area contributed by atoms with E-state index in [1.807, 2.05) is 0 Å². The molecular weight excluding hydrogens is 179 g/mol. The highest BCUT2D eigenvalue weighted by Gasteiger charge is 2.13. The van der Waals surface area contributed by atoms with Crippen molar-refractivity contribution in [3.05, 3.63) is 0 Å². The largest absolute Gasteiger partial charge is 0.335 e. The molecule has 0 fully saturated rings. The Kier molecular flexibility index (Phi) is 7.11. The molecule has 0 aromatic heterocycles. The van der Waals surface area contributed by atoms with Crippen LogP contribution in [0, 0.1) is 0 Å². The molecule has 0 heterocycles. The molecule has 0 aromatic rings. The lowest BCUT2D eigenvalue weighted by Crippen LogP contribution is -2.39. The van der Waals surface area contributed by atoms with Crippen LogP contribution in [-0.2, 0) is 9.59 Å². The third-order valence-corrected chi connectivity index (χ3v) is 1.92. The van der Waals surface area contributed by atoms with Gasteiger partial charge in [-0.05, 0) is 13.4 Å². The Morgan fingerprint density at radius 1 is 1.43 bits per heavy atom. The molecule has 1 N–H and O–H groups in total. The Labute approximate surface area is 86.4 Å². The van der Waals surface area contributed by atoms with Gasteiger partial charge in [0.1, 0.15) is 0 Å². The zero-order valence-corrected chi connectivity index (χ0v) is 8.88. The number of ketones is 1. The molecule has 0 rings (SSSR count). The summed E-state index contributed by atoms with van der Waals surface area (Å²) in [7, 11) is 7.04. The van der Waals surface area contributed by atoms with Gasteiger partial charge in [0.15, 0.2) is 5.78 Å². The maximum atomic E-state index is 11.3. The number of carbonyl (C=O) groups is 2. The summed E-state index contributed by atoms with van der Waals surface area (Å²) in [6, 6.07) is 0. The van der Waals surface area contributed by atoms with Crippen LogP contribution in [0.3, 0.4) is 0 Å². The monoisotopic (exact) mass is 196 g/mol. The molecule has 0 aliphatic carbocycles. The number of likely N-dealkylation sites (N-methyl/N-ethyl adjacent to an activating group) is 1. The predicted octanol–water partition coefficient (Wildman–Crippen LogP) is -0.400. The van der Waals surface area contributed by atoms with Crippen molar-refractivity contribution >= 4 is 19.5 Å². The van der Waals surface area contributed by atoms with Crippen molar-refractivity contribution in [2.75, 3.05) is 26.7 Å². The molecule has 5 heteroatoms. The molecule has 0 saturated heterocycles. The van der Waals surface area contributed by atoms with Crippen LogP contribution in [0.4, 0.5) is 0 Å². The van der Waals surface area contributed by atoms with Crippen molar-refractivity contribution in [3.63, 3.8) is 0 Å². The van der Waals surface area contributed by atoms with Crippen LogP contribution in [0.15, 0.2) is 0 Å². The SMILES string of the molecule is [B]CC(=O)N(CCNC)CC(=O)CC. The van der Waals surface area contributed by atoms with Gasteiger partial charge in [-0.3, -0.25) is 9.59 Å². The lowest BCUT2D eigenvalue weighted by molar-refractivity contribution is -0.133. The average Bonchev–Trinajstić information content (AvgIpc) is 2.22. The molecule has 0 atom stereocenters. The highest BCUT2D eigenvalue weighted by molar-refractivity contribution is 6.19. The standard InChI is InChI=1S/C9H17BN2O2/c1-3-8(13)7-12(5-4-11-2)9(14)6-10/h11H,3-7H2,1-2H3. The topological polar surface area (TPSA) is 49.4 Å². The second-order valence-corrected chi connectivity index (χ2v) is 3.02. The first-order valence-corrected chi connectivity index (χ1v) is 4.79. The van der Waals surface area contributed by atoms with Crippen molar-refractivity contribution in [3.8, 4) is 0 Å². The fourth-order valence-corrected chi connectivity index (χ4v) is 0.992. The summed E-state index contributed by atoms with van der Waals surface area (Å²) in [5.74, 6) is -0.120. The smallest absolute Gasteiger partial charge is 0.214 e. The minimum atomic E-state index is -0.179. The van der Waals surface area contributed by atoms with Crippen molar-refractivity contribution < 1.29 is 9.59 Å². The fourth-order valence-electron chi connectivity index (χ4n) is 0.992. The molecule has 0 aromatic carbocycles. The van der Waals surface area contributed by atoms with Crippen LogP contribution >= 0.6 is 0 Å². The Morgan fingerprint density at radius 3 is 2.50 bits per heavy atom. The molecule has 0 aliphatic rings. The minimum Gasteiger partial charge on any atom is -0.335 e. The fraction of sp³-hybridized carbons (Fsp3) is 0.778. The Morgan fingerprint density at radius 2 is 2.07 bits per heavy atom. The van der Waals surface area contributed by atoms with Crippen LogP contribution in [-0.4, -0.2) is 51.1 Å². The molecule has 0 aliphatic heterocycles. The lowest BCUT2D eigenvalue weighted by atomic mass is 10.0. The Bertz CT molecular complexity index is 197. The van der Waals surface area contributed by atoms with E-state index in [9.17, 15) is 9.59 Å². The van der Waals surface area contributed by atoms with Crippen LogP contribution in [0.5, 0.6) is 0 Å². The first-order valence-electron chi connectivity index (χ1n) is 4.79. The van der Waals surface area contributed by atoms with Gasteiger partial charge >= 0.3 is 0 Å². The second kappa shape index (κ2) is 7.56. The van der Waals surface area contributed by atoms with Crippen LogP contribution in [0.2, 0.25) is 6.32 Å². The molecule has 0 saturated carbocycles. The van der Waals surface area contributed by atoms with Crippen molar-refractivity contribution in [1.29, 1.82) is 0 Å². The lowest BCUT2D eigenvalue weighted by Gasteiger charge is -2.21. The zero-order valence-electron chi connectivity index (χ0n) is 8.88. The van der Waals surface area contributed by atoms with Gasteiger partial charge in [0.25, 0.3) is 0 Å². The van der Waals surface area contributed by atoms with E-state index < -0.39 is 0 Å². The number of hydrogen-bond donors (Lipinski definition) is 1. The molecule has 78 valence electrons. The van der Waals surface area contributed by atoms with Crippen LogP contribution in [0.25, 0.3) is 0 Å². The number of Topliss-reactive ketones (excluding diaryl/α,β-unsaturated/α-hetero) is 1. The summed E-state index contributed by atoms with van der Waals surface area (Å²) in [4.78, 5) is 23.9. The summed E-state index contributed by atoms with van der Waals surface area (Å²) in [6.45, 7) is 3.15. The molecule has 2 radical (unpaired) electrons. The Hall–Kier alpha value is -0.835. The maximum absolute atomic E-state index is 11.3. The minimum absolute atomic E-state index is 0.0410. The Balaban J connectivity index is 4.09. The second-order valence-electron chi connectivity index (χ2n) is 3.02. The van der Waals surface area contributed by atoms with Gasteiger partial charge in [-0.25, -0.2) is 0 Å². The maximum Gasteiger partial charge on any atom is 0.214 e. The van der Waals surface area contributed by atoms with Crippen molar-refractivity contribution in [1.82, 2.24) is 10.2 Å². The first-order chi connectivity index (χ1) is 6.65. The molecule has 4 nitrogen and oxygen atoms in total. The summed E-state index contributed by atoms with van der Waals surface area (Å²) >= 11 is 0. The van der Waals surface area contributed by atoms with Gasteiger partial charge in [0.05, 0.1) is 14.4 Å². The molecule has 0 bridgehead atoms. The highest BCUT2D eigenvalue weighted by atomic mass is 16.2. The number of amides is 1. The van der Waals surface area contributed by atoms with Gasteiger partial charge in [-0.1, -0.05) is 6.92 Å². The van der Waals surface area contributed by atoms with Crippen molar-refractivity contribution in [2.45, 2.75) is 19.7 Å². The van der Waals surface area contributed by atoms with Gasteiger partial charge in [0.2, 0.25) is 5.91 Å². The van der Waals surface area contributed by atoms with E-state index in [4.69, 9.17) is 7.85 Å². The molecule has 0 spiro atoms. The molecule has 0 unspecified atom stereocenters. The quantitative estimate of drug-likeness (QED) is 0.563. The molecular formula is C9H17BN2O2. The van der Waals surface area contributed by atoms with E-state index in [0.717, 1.165) is 0 Å². The van der Waals surface area contributed by atoms with E-state index >= 15 is 0 Å². The first kappa shape index (κ1) is 13.2. The number of carbonyl (C=O) groups excluding carboxylic acids is 2. The number of hydrogen-bond acceptors (Lipinski definition) is 3. The van der Waals surface area contributed by atoms with Crippen LogP contribution < -0.4 is 5.32 Å². The van der Waals surface area contributed by atoms with Crippen LogP contribution in [0.1, 0.15) is 13.3 Å². The van der Waals surface area contributed by atoms with Gasteiger partial charge in [-0.15, -0.1) is 0 Å². The average molecular weight is 196 g/mol. The van der Waals surface area contributed by atoms with Gasteiger partial charge < -0.3 is 10.2 Å². The highest BCUT2D eigenvalue weighted by Crippen LogP contribution is 1.95. The van der Waals surface area contributed by atoms with E-state index in [1.54, 1.807) is 14.0 Å². The predicted molar refractivity (Wildman–Crippen MR) is 56.4 cm³/mol. The summed E-state index contributed by atoms with van der Waals surface area (Å²) < 4.78 is 0. The van der Waals surface area contributed by atoms with E-state index in [-0.39, 0.29) is 24.6 Å². The third kappa shape index (κ3) is 5.02. The van der Waals surface area contributed by atoms with Gasteiger partial charge in [-0.2, -0.15) is 0 Å². The third-order valence-electron chi connectivity index (χ3n) is 1.92. The normalized spacial score (nSPS) is 9.86. The number of nitrogens with zero attached hydrogens (tertiary/aromatic N) is 1. The van der Waals surface area contributed by atoms with Gasteiger partial charge in [0, 0.05) is 19.5 Å². The number of rotatable bonds is 7. The van der Waals surface area contributed by atoms with E-state index in [1.165, 1.54) is 4.90 Å². The summed E-state index contributed by atoms with van der Waals surface area (Å²) in [6.07, 6.45) is 0.411. The van der Waals surface area contributed by atoms with Crippen molar-refractivity contribution in [2.24, 2.45) is 0 Å².